The van der Waals surface area contributed by atoms with E-state index in [9.17, 15) is 14.0 Å². The van der Waals surface area contributed by atoms with E-state index < -0.39 is 5.91 Å². The van der Waals surface area contributed by atoms with Crippen molar-refractivity contribution in [1.82, 2.24) is 10.2 Å². The molecule has 0 radical (unpaired) electrons. The van der Waals surface area contributed by atoms with Crippen LogP contribution in [0.3, 0.4) is 0 Å². The Hall–Kier alpha value is -2.40. The van der Waals surface area contributed by atoms with Gasteiger partial charge in [-0.15, -0.1) is 0 Å². The van der Waals surface area contributed by atoms with Gasteiger partial charge in [0.2, 0.25) is 5.91 Å². The first kappa shape index (κ1) is 17.0. The van der Waals surface area contributed by atoms with Crippen LogP contribution in [0.4, 0.5) is 4.39 Å². The van der Waals surface area contributed by atoms with Gasteiger partial charge in [0.1, 0.15) is 5.82 Å². The Bertz CT molecular complexity index is 704. The average molecular weight is 335 g/mol. The van der Waals surface area contributed by atoms with Crippen LogP contribution in [0.1, 0.15) is 15.9 Å². The molecule has 2 amide bonds. The molecule has 23 heavy (non-hydrogen) atoms. The summed E-state index contributed by atoms with van der Waals surface area (Å²) in [5, 5.41) is 2.87. The molecule has 0 aliphatic heterocycles. The van der Waals surface area contributed by atoms with Gasteiger partial charge in [-0.25, -0.2) is 4.39 Å². The van der Waals surface area contributed by atoms with E-state index in [2.05, 4.69) is 5.32 Å². The summed E-state index contributed by atoms with van der Waals surface area (Å²) in [4.78, 5) is 25.5. The van der Waals surface area contributed by atoms with E-state index in [1.165, 1.54) is 17.0 Å². The molecule has 0 unspecified atom stereocenters. The lowest BCUT2D eigenvalue weighted by molar-refractivity contribution is -0.129. The number of carbonyl (C=O) groups is 2. The summed E-state index contributed by atoms with van der Waals surface area (Å²) in [6.45, 7) is 0.197. The zero-order valence-electron chi connectivity index (χ0n) is 12.6. The van der Waals surface area contributed by atoms with E-state index in [-0.39, 0.29) is 18.3 Å². The van der Waals surface area contributed by atoms with Gasteiger partial charge in [0.25, 0.3) is 5.91 Å². The van der Waals surface area contributed by atoms with E-state index in [1.807, 2.05) is 0 Å². The maximum atomic E-state index is 12.8. The summed E-state index contributed by atoms with van der Waals surface area (Å²) in [5.74, 6) is -0.983. The normalized spacial score (nSPS) is 10.2. The highest BCUT2D eigenvalue weighted by molar-refractivity contribution is 6.33. The second-order valence-electron chi connectivity index (χ2n) is 5.04. The molecular formula is C17H16ClFN2O2. The lowest BCUT2D eigenvalue weighted by Crippen LogP contribution is -2.37. The molecular weight excluding hydrogens is 319 g/mol. The third kappa shape index (κ3) is 4.79. The number of likely N-dealkylation sites (N-methyl/N-ethyl adjacent to an activating group) is 1. The summed E-state index contributed by atoms with van der Waals surface area (Å²) < 4.78 is 12.8. The van der Waals surface area contributed by atoms with E-state index in [4.69, 9.17) is 11.6 Å². The van der Waals surface area contributed by atoms with Crippen molar-refractivity contribution in [3.05, 3.63) is 70.5 Å². The fraction of sp³-hybridized carbons (Fsp3) is 0.176. The minimum Gasteiger partial charge on any atom is -0.343 e. The highest BCUT2D eigenvalue weighted by Crippen LogP contribution is 2.14. The first-order chi connectivity index (χ1) is 11.0. The Kier molecular flexibility index (Phi) is 5.71. The van der Waals surface area contributed by atoms with Gasteiger partial charge in [0.05, 0.1) is 17.1 Å². The zero-order valence-corrected chi connectivity index (χ0v) is 13.3. The molecule has 120 valence electrons. The van der Waals surface area contributed by atoms with Crippen molar-refractivity contribution in [2.45, 2.75) is 6.54 Å². The van der Waals surface area contributed by atoms with E-state index in [1.54, 1.807) is 43.4 Å². The summed E-state index contributed by atoms with van der Waals surface area (Å²) in [7, 11) is 1.62. The van der Waals surface area contributed by atoms with Crippen LogP contribution >= 0.6 is 11.6 Å². The van der Waals surface area contributed by atoms with Crippen LogP contribution in [0.2, 0.25) is 5.02 Å². The molecule has 4 nitrogen and oxygen atoms in total. The topological polar surface area (TPSA) is 49.4 Å². The maximum absolute atomic E-state index is 12.8. The molecule has 2 aromatic rings. The van der Waals surface area contributed by atoms with E-state index in [0.717, 1.165) is 5.56 Å². The Balaban J connectivity index is 1.87. The Morgan fingerprint density at radius 3 is 2.43 bits per heavy atom. The molecule has 2 aromatic carbocycles. The number of rotatable bonds is 5. The van der Waals surface area contributed by atoms with Gasteiger partial charge in [-0.3, -0.25) is 9.59 Å². The SMILES string of the molecule is CN(Cc1ccc(F)cc1)C(=O)CNC(=O)c1ccccc1Cl. The van der Waals surface area contributed by atoms with Crippen molar-refractivity contribution in [3.63, 3.8) is 0 Å². The second-order valence-corrected chi connectivity index (χ2v) is 5.45. The third-order valence-electron chi connectivity index (χ3n) is 3.28. The number of carbonyl (C=O) groups excluding carboxylic acids is 2. The van der Waals surface area contributed by atoms with Crippen molar-refractivity contribution in [1.29, 1.82) is 0 Å². The lowest BCUT2D eigenvalue weighted by Gasteiger charge is -2.17. The van der Waals surface area contributed by atoms with Crippen molar-refractivity contribution in [2.24, 2.45) is 0 Å². The number of halogens is 2. The largest absolute Gasteiger partial charge is 0.343 e. The van der Waals surface area contributed by atoms with Gasteiger partial charge in [-0.05, 0) is 29.8 Å². The summed E-state index contributed by atoms with van der Waals surface area (Å²) in [6.07, 6.45) is 0. The van der Waals surface area contributed by atoms with Crippen LogP contribution in [0.15, 0.2) is 48.5 Å². The molecule has 1 N–H and O–H groups in total. The molecule has 0 aliphatic rings. The monoisotopic (exact) mass is 334 g/mol. The summed E-state index contributed by atoms with van der Waals surface area (Å²) >= 11 is 5.93. The molecule has 0 atom stereocenters. The van der Waals surface area contributed by atoms with Crippen LogP contribution in [0.5, 0.6) is 0 Å². The smallest absolute Gasteiger partial charge is 0.253 e. The molecule has 6 heteroatoms. The fourth-order valence-electron chi connectivity index (χ4n) is 1.98. The predicted molar refractivity (Wildman–Crippen MR) is 86.7 cm³/mol. The average Bonchev–Trinajstić information content (AvgIpc) is 2.54. The number of nitrogens with one attached hydrogen (secondary N) is 1. The number of amides is 2. The van der Waals surface area contributed by atoms with E-state index >= 15 is 0 Å². The molecule has 0 heterocycles. The number of nitrogens with zero attached hydrogens (tertiary/aromatic N) is 1. The highest BCUT2D eigenvalue weighted by Gasteiger charge is 2.13. The molecule has 0 spiro atoms. The van der Waals surface area contributed by atoms with Crippen molar-refractivity contribution in [3.8, 4) is 0 Å². The number of hydrogen-bond donors (Lipinski definition) is 1. The quantitative estimate of drug-likeness (QED) is 0.914. The van der Waals surface area contributed by atoms with Gasteiger partial charge < -0.3 is 10.2 Å². The molecule has 0 saturated carbocycles. The van der Waals surface area contributed by atoms with Crippen LogP contribution in [0.25, 0.3) is 0 Å². The fourth-order valence-corrected chi connectivity index (χ4v) is 2.20. The van der Waals surface area contributed by atoms with Crippen LogP contribution in [-0.2, 0) is 11.3 Å². The van der Waals surface area contributed by atoms with Crippen molar-refractivity contribution >= 4 is 23.4 Å². The molecule has 0 aliphatic carbocycles. The minimum absolute atomic E-state index is 0.137. The van der Waals surface area contributed by atoms with Gasteiger partial charge in [0, 0.05) is 13.6 Å². The molecule has 2 rings (SSSR count). The number of hydrogen-bond acceptors (Lipinski definition) is 2. The van der Waals surface area contributed by atoms with Crippen LogP contribution < -0.4 is 5.32 Å². The van der Waals surface area contributed by atoms with Gasteiger partial charge in [-0.2, -0.15) is 0 Å². The highest BCUT2D eigenvalue weighted by atomic mass is 35.5. The van der Waals surface area contributed by atoms with Crippen LogP contribution in [0, 0.1) is 5.82 Å². The Labute approximate surface area is 138 Å². The van der Waals surface area contributed by atoms with E-state index in [0.29, 0.717) is 17.1 Å². The minimum atomic E-state index is -0.404. The number of benzene rings is 2. The molecule has 0 saturated heterocycles. The zero-order chi connectivity index (χ0) is 16.8. The van der Waals surface area contributed by atoms with Crippen molar-refractivity contribution < 1.29 is 14.0 Å². The Morgan fingerprint density at radius 2 is 1.78 bits per heavy atom. The summed E-state index contributed by atoms with van der Waals surface area (Å²) in [5.41, 5.74) is 1.13. The van der Waals surface area contributed by atoms with Gasteiger partial charge in [0.15, 0.2) is 0 Å². The summed E-state index contributed by atoms with van der Waals surface area (Å²) in [6, 6.07) is 12.5. The first-order valence-electron chi connectivity index (χ1n) is 6.98. The molecule has 0 fully saturated rings. The Morgan fingerprint density at radius 1 is 1.13 bits per heavy atom. The van der Waals surface area contributed by atoms with Crippen LogP contribution in [-0.4, -0.2) is 30.3 Å². The third-order valence-corrected chi connectivity index (χ3v) is 3.61. The predicted octanol–water partition coefficient (Wildman–Crippen LogP) is 2.87. The standard InChI is InChI=1S/C17H16ClFN2O2/c1-21(11-12-6-8-13(19)9-7-12)16(22)10-20-17(23)14-4-2-3-5-15(14)18/h2-9H,10-11H2,1H3,(H,20,23). The van der Waals surface area contributed by atoms with Gasteiger partial charge in [-0.1, -0.05) is 35.9 Å². The van der Waals surface area contributed by atoms with Gasteiger partial charge >= 0.3 is 0 Å². The first-order valence-corrected chi connectivity index (χ1v) is 7.36. The molecule has 0 bridgehead atoms. The van der Waals surface area contributed by atoms with Crippen molar-refractivity contribution in [2.75, 3.05) is 13.6 Å². The lowest BCUT2D eigenvalue weighted by atomic mass is 10.2. The maximum Gasteiger partial charge on any atom is 0.253 e. The molecule has 0 aromatic heterocycles. The second kappa shape index (κ2) is 7.74.